The van der Waals surface area contributed by atoms with Crippen molar-refractivity contribution >= 4 is 23.6 Å². The maximum Gasteiger partial charge on any atom is 0.414 e. The van der Waals surface area contributed by atoms with Crippen LogP contribution in [0, 0.1) is 0 Å². The highest BCUT2D eigenvalue weighted by atomic mass is 16.6. The maximum absolute atomic E-state index is 11.1. The number of piperazine rings is 1. The molecular formula is C25H30N2O7. The number of anilines is 1. The van der Waals surface area contributed by atoms with Crippen LogP contribution in [0.5, 0.6) is 0 Å². The van der Waals surface area contributed by atoms with Crippen molar-refractivity contribution in [3.63, 3.8) is 0 Å². The summed E-state index contributed by atoms with van der Waals surface area (Å²) < 4.78 is 10.00. The van der Waals surface area contributed by atoms with E-state index < -0.39 is 11.9 Å². The summed E-state index contributed by atoms with van der Waals surface area (Å²) in [4.78, 5) is 34.4. The molecule has 0 saturated carbocycles. The summed E-state index contributed by atoms with van der Waals surface area (Å²) in [5.74, 6) is -3.97. The molecule has 9 nitrogen and oxygen atoms in total. The lowest BCUT2D eigenvalue weighted by molar-refractivity contribution is -0.159. The zero-order valence-corrected chi connectivity index (χ0v) is 19.2. The van der Waals surface area contributed by atoms with E-state index in [1.165, 1.54) is 29.5 Å². The Morgan fingerprint density at radius 3 is 2.35 bits per heavy atom. The second kappa shape index (κ2) is 12.2. The highest BCUT2D eigenvalue weighted by Gasteiger charge is 2.32. The number of nitrogens with zero attached hydrogens (tertiary/aromatic N) is 2. The van der Waals surface area contributed by atoms with Crippen LogP contribution in [0.15, 0.2) is 48.5 Å². The van der Waals surface area contributed by atoms with E-state index in [1.54, 1.807) is 0 Å². The summed E-state index contributed by atoms with van der Waals surface area (Å²) in [7, 11) is 1.38. The van der Waals surface area contributed by atoms with E-state index in [4.69, 9.17) is 24.5 Å². The van der Waals surface area contributed by atoms with E-state index >= 15 is 0 Å². The summed E-state index contributed by atoms with van der Waals surface area (Å²) in [5, 5.41) is 14.8. The number of carbonyl (C=O) groups is 3. The Morgan fingerprint density at radius 1 is 0.971 bits per heavy atom. The third-order valence-electron chi connectivity index (χ3n) is 5.95. The smallest absolute Gasteiger partial charge is 0.414 e. The molecule has 2 aliphatic heterocycles. The molecule has 0 aliphatic carbocycles. The molecule has 9 heteroatoms. The van der Waals surface area contributed by atoms with E-state index in [0.29, 0.717) is 12.6 Å². The number of ether oxygens (including phenoxy) is 2. The third kappa shape index (κ3) is 6.55. The first-order chi connectivity index (χ1) is 16.4. The minimum atomic E-state index is -1.82. The summed E-state index contributed by atoms with van der Waals surface area (Å²) in [6.07, 6.45) is 1.92. The fourth-order valence-electron chi connectivity index (χ4n) is 4.37. The van der Waals surface area contributed by atoms with Gasteiger partial charge in [0.1, 0.15) is 6.61 Å². The molecule has 0 radical (unpaired) electrons. The Morgan fingerprint density at radius 2 is 1.65 bits per heavy atom. The SMILES string of the molecule is COC(=O)COCCCN1CCN2c3ccccc3Cc3ccccc3C2C1.O=C(O)C(=O)O. The van der Waals surface area contributed by atoms with Crippen LogP contribution in [0.3, 0.4) is 0 Å². The number of carbonyl (C=O) groups excluding carboxylic acids is 1. The molecular weight excluding hydrogens is 440 g/mol. The summed E-state index contributed by atoms with van der Waals surface area (Å²) in [5.41, 5.74) is 5.68. The lowest BCUT2D eigenvalue weighted by Gasteiger charge is -2.43. The molecule has 1 unspecified atom stereocenters. The van der Waals surface area contributed by atoms with Crippen LogP contribution in [0.4, 0.5) is 5.69 Å². The van der Waals surface area contributed by atoms with Crippen LogP contribution in [0.2, 0.25) is 0 Å². The number of esters is 1. The van der Waals surface area contributed by atoms with Gasteiger partial charge in [0, 0.05) is 38.5 Å². The van der Waals surface area contributed by atoms with Gasteiger partial charge in [0.25, 0.3) is 0 Å². The van der Waals surface area contributed by atoms with Crippen LogP contribution >= 0.6 is 0 Å². The Bertz CT molecular complexity index is 998. The van der Waals surface area contributed by atoms with Crippen molar-refractivity contribution in [3.05, 3.63) is 65.2 Å². The molecule has 4 rings (SSSR count). The molecule has 0 spiro atoms. The normalized spacial score (nSPS) is 16.6. The van der Waals surface area contributed by atoms with Gasteiger partial charge in [-0.2, -0.15) is 0 Å². The van der Waals surface area contributed by atoms with Crippen LogP contribution in [-0.2, 0) is 30.3 Å². The van der Waals surface area contributed by atoms with Gasteiger partial charge in [-0.3, -0.25) is 4.90 Å². The van der Waals surface area contributed by atoms with Crippen molar-refractivity contribution < 1.29 is 34.1 Å². The third-order valence-corrected chi connectivity index (χ3v) is 5.95. The molecule has 34 heavy (non-hydrogen) atoms. The van der Waals surface area contributed by atoms with Gasteiger partial charge in [0.15, 0.2) is 0 Å². The zero-order valence-electron chi connectivity index (χ0n) is 19.2. The second-order valence-electron chi connectivity index (χ2n) is 8.11. The Labute approximate surface area is 198 Å². The number of carboxylic acids is 2. The predicted molar refractivity (Wildman–Crippen MR) is 125 cm³/mol. The van der Waals surface area contributed by atoms with Crippen LogP contribution in [0.1, 0.15) is 29.2 Å². The number of carboxylic acid groups (broad SMARTS) is 2. The fraction of sp³-hybridized carbons (Fsp3) is 0.400. The number of benzene rings is 2. The summed E-state index contributed by atoms with van der Waals surface area (Å²) in [6, 6.07) is 18.1. The number of rotatable bonds is 6. The number of hydrogen-bond acceptors (Lipinski definition) is 7. The highest BCUT2D eigenvalue weighted by molar-refractivity contribution is 6.27. The quantitative estimate of drug-likeness (QED) is 0.372. The molecule has 2 aliphatic rings. The van der Waals surface area contributed by atoms with Gasteiger partial charge >= 0.3 is 17.9 Å². The van der Waals surface area contributed by atoms with Crippen molar-refractivity contribution in [1.82, 2.24) is 4.90 Å². The van der Waals surface area contributed by atoms with Gasteiger partial charge < -0.3 is 24.6 Å². The minimum absolute atomic E-state index is 0.0388. The Kier molecular flexibility index (Phi) is 9.00. The summed E-state index contributed by atoms with van der Waals surface area (Å²) in [6.45, 7) is 4.69. The van der Waals surface area contributed by atoms with Gasteiger partial charge in [-0.25, -0.2) is 14.4 Å². The number of aliphatic carboxylic acids is 2. The topological polar surface area (TPSA) is 117 Å². The average molecular weight is 471 g/mol. The van der Waals surface area contributed by atoms with Crippen molar-refractivity contribution in [1.29, 1.82) is 0 Å². The largest absolute Gasteiger partial charge is 0.473 e. The predicted octanol–water partition coefficient (Wildman–Crippen LogP) is 2.19. The van der Waals surface area contributed by atoms with Gasteiger partial charge in [0.05, 0.1) is 13.2 Å². The van der Waals surface area contributed by atoms with Crippen LogP contribution in [-0.4, -0.2) is 79.5 Å². The monoisotopic (exact) mass is 470 g/mol. The number of methoxy groups -OCH3 is 1. The Hall–Kier alpha value is -3.43. The molecule has 0 amide bonds. The fourth-order valence-corrected chi connectivity index (χ4v) is 4.37. The molecule has 182 valence electrons. The van der Waals surface area contributed by atoms with Gasteiger partial charge in [0.2, 0.25) is 0 Å². The van der Waals surface area contributed by atoms with E-state index in [1.807, 2.05) is 0 Å². The molecule has 2 aromatic carbocycles. The lowest BCUT2D eigenvalue weighted by Crippen LogP contribution is -2.48. The average Bonchev–Trinajstić information content (AvgIpc) is 2.98. The van der Waals surface area contributed by atoms with Crippen LogP contribution < -0.4 is 4.90 Å². The first kappa shape index (κ1) is 25.2. The van der Waals surface area contributed by atoms with Crippen molar-refractivity contribution in [2.75, 3.05) is 51.4 Å². The zero-order chi connectivity index (χ0) is 24.5. The van der Waals surface area contributed by atoms with E-state index in [0.717, 1.165) is 39.0 Å². The van der Waals surface area contributed by atoms with Gasteiger partial charge in [-0.05, 0) is 35.6 Å². The standard InChI is InChI=1S/C23H28N2O3.C2H2O4/c1-27-23(26)17-28-14-6-11-24-12-13-25-21-10-5-3-8-19(21)15-18-7-2-4-9-20(18)22(25)16-24;3-1(4)2(5)6/h2-5,7-10,22H,6,11-17H2,1H3;(H,3,4)(H,5,6). The molecule has 0 aromatic heterocycles. The molecule has 1 saturated heterocycles. The minimum Gasteiger partial charge on any atom is -0.473 e. The maximum atomic E-state index is 11.1. The number of para-hydroxylation sites is 1. The first-order valence-corrected chi connectivity index (χ1v) is 11.2. The second-order valence-corrected chi connectivity index (χ2v) is 8.11. The number of fused-ring (bicyclic) bond motifs is 5. The molecule has 1 fully saturated rings. The van der Waals surface area contributed by atoms with Crippen LogP contribution in [0.25, 0.3) is 0 Å². The molecule has 2 heterocycles. The van der Waals surface area contributed by atoms with Crippen molar-refractivity contribution in [3.8, 4) is 0 Å². The van der Waals surface area contributed by atoms with Gasteiger partial charge in [-0.1, -0.05) is 42.5 Å². The van der Waals surface area contributed by atoms with E-state index in [2.05, 4.69) is 63.1 Å². The number of hydrogen-bond donors (Lipinski definition) is 2. The van der Waals surface area contributed by atoms with E-state index in [-0.39, 0.29) is 12.6 Å². The van der Waals surface area contributed by atoms with Crippen molar-refractivity contribution in [2.24, 2.45) is 0 Å². The van der Waals surface area contributed by atoms with Crippen molar-refractivity contribution in [2.45, 2.75) is 18.9 Å². The Balaban J connectivity index is 0.000000481. The van der Waals surface area contributed by atoms with Gasteiger partial charge in [-0.15, -0.1) is 0 Å². The molecule has 0 bridgehead atoms. The molecule has 1 atom stereocenters. The lowest BCUT2D eigenvalue weighted by atomic mass is 9.96. The van der Waals surface area contributed by atoms with E-state index in [9.17, 15) is 4.79 Å². The molecule has 2 N–H and O–H groups in total. The highest BCUT2D eigenvalue weighted by Crippen LogP contribution is 2.39. The first-order valence-electron chi connectivity index (χ1n) is 11.2. The summed E-state index contributed by atoms with van der Waals surface area (Å²) >= 11 is 0. The molecule has 2 aromatic rings.